The van der Waals surface area contributed by atoms with Gasteiger partial charge in [0, 0.05) is 24.8 Å². The van der Waals surface area contributed by atoms with Gasteiger partial charge < -0.3 is 9.84 Å². The molecule has 3 aromatic heterocycles. The number of aromatic amines is 1. The van der Waals surface area contributed by atoms with Crippen LogP contribution in [0.3, 0.4) is 0 Å². The Kier molecular flexibility index (Phi) is 5.72. The predicted molar refractivity (Wildman–Crippen MR) is 102 cm³/mol. The maximum absolute atomic E-state index is 12.2. The number of piperidine rings is 1. The topological polar surface area (TPSA) is 126 Å². The molecule has 4 rings (SSSR count). The van der Waals surface area contributed by atoms with Gasteiger partial charge in [-0.15, -0.1) is 11.3 Å². The summed E-state index contributed by atoms with van der Waals surface area (Å²) >= 11 is 1.45. The van der Waals surface area contributed by atoms with E-state index in [1.807, 2.05) is 5.38 Å². The zero-order valence-corrected chi connectivity index (χ0v) is 16.4. The SMILES string of the molecule is CC1CCN(Cc2csc(NC(=O)CCc3nc(-c4ncn[nH]4)no3)n2)CC1. The summed E-state index contributed by atoms with van der Waals surface area (Å²) in [4.78, 5) is 27.3. The number of nitrogens with zero attached hydrogens (tertiary/aromatic N) is 6. The molecule has 0 aliphatic carbocycles. The fourth-order valence-electron chi connectivity index (χ4n) is 3.05. The molecule has 0 saturated carbocycles. The second-order valence-electron chi connectivity index (χ2n) is 7.00. The van der Waals surface area contributed by atoms with Gasteiger partial charge in [0.15, 0.2) is 11.0 Å². The van der Waals surface area contributed by atoms with Crippen LogP contribution < -0.4 is 5.32 Å². The molecule has 1 aliphatic rings. The van der Waals surface area contributed by atoms with E-state index in [1.54, 1.807) is 0 Å². The summed E-state index contributed by atoms with van der Waals surface area (Å²) in [7, 11) is 0. The molecule has 28 heavy (non-hydrogen) atoms. The monoisotopic (exact) mass is 402 g/mol. The zero-order chi connectivity index (χ0) is 19.3. The van der Waals surface area contributed by atoms with Gasteiger partial charge >= 0.3 is 0 Å². The van der Waals surface area contributed by atoms with Gasteiger partial charge in [-0.3, -0.25) is 14.8 Å². The van der Waals surface area contributed by atoms with Crippen LogP contribution in [0.4, 0.5) is 5.13 Å². The van der Waals surface area contributed by atoms with Crippen LogP contribution in [0.15, 0.2) is 16.2 Å². The lowest BCUT2D eigenvalue weighted by atomic mass is 9.99. The minimum absolute atomic E-state index is 0.132. The fourth-order valence-corrected chi connectivity index (χ4v) is 3.77. The third-order valence-corrected chi connectivity index (χ3v) is 5.53. The van der Waals surface area contributed by atoms with Crippen molar-refractivity contribution in [3.8, 4) is 11.6 Å². The molecule has 0 atom stereocenters. The molecular formula is C17H22N8O2S. The summed E-state index contributed by atoms with van der Waals surface area (Å²) < 4.78 is 5.14. The van der Waals surface area contributed by atoms with Crippen molar-refractivity contribution in [2.24, 2.45) is 5.92 Å². The van der Waals surface area contributed by atoms with Crippen LogP contribution in [-0.2, 0) is 17.8 Å². The molecule has 1 aliphatic heterocycles. The fraction of sp³-hybridized carbons (Fsp3) is 0.529. The molecule has 4 heterocycles. The largest absolute Gasteiger partial charge is 0.339 e. The first-order valence-electron chi connectivity index (χ1n) is 9.30. The maximum atomic E-state index is 12.2. The number of aromatic nitrogens is 6. The lowest BCUT2D eigenvalue weighted by Crippen LogP contribution is -2.32. The number of hydrogen-bond donors (Lipinski definition) is 2. The second kappa shape index (κ2) is 8.57. The van der Waals surface area contributed by atoms with E-state index < -0.39 is 0 Å². The Morgan fingerprint density at radius 2 is 2.25 bits per heavy atom. The number of carbonyl (C=O) groups excluding carboxylic acids is 1. The van der Waals surface area contributed by atoms with Crippen molar-refractivity contribution in [1.29, 1.82) is 0 Å². The van der Waals surface area contributed by atoms with Crippen LogP contribution in [0.5, 0.6) is 0 Å². The Labute approximate surface area is 165 Å². The standard InChI is InChI=1S/C17H22N8O2S/c1-11-4-6-25(7-5-11)8-12-9-28-17(20-12)21-13(26)2-3-14-22-16(24-27-14)15-18-10-19-23-15/h9-11H,2-8H2,1H3,(H,18,19,23)(H,20,21,26). The predicted octanol–water partition coefficient (Wildman–Crippen LogP) is 2.11. The second-order valence-corrected chi connectivity index (χ2v) is 7.85. The van der Waals surface area contributed by atoms with Gasteiger partial charge in [0.1, 0.15) is 6.33 Å². The number of hydrogen-bond acceptors (Lipinski definition) is 9. The van der Waals surface area contributed by atoms with Crippen molar-refractivity contribution in [3.05, 3.63) is 23.3 Å². The average Bonchev–Trinajstić information content (AvgIpc) is 3.44. The van der Waals surface area contributed by atoms with E-state index >= 15 is 0 Å². The summed E-state index contributed by atoms with van der Waals surface area (Å²) in [6.45, 7) is 5.36. The number of thiazole rings is 1. The van der Waals surface area contributed by atoms with Crippen molar-refractivity contribution in [2.75, 3.05) is 18.4 Å². The van der Waals surface area contributed by atoms with Crippen LogP contribution in [-0.4, -0.2) is 54.2 Å². The van der Waals surface area contributed by atoms with Crippen molar-refractivity contribution in [2.45, 2.75) is 39.2 Å². The van der Waals surface area contributed by atoms with E-state index in [0.29, 0.717) is 29.1 Å². The van der Waals surface area contributed by atoms with E-state index in [9.17, 15) is 4.79 Å². The highest BCUT2D eigenvalue weighted by Crippen LogP contribution is 2.21. The number of aryl methyl sites for hydroxylation is 1. The van der Waals surface area contributed by atoms with Crippen LogP contribution in [0, 0.1) is 5.92 Å². The van der Waals surface area contributed by atoms with Crippen LogP contribution in [0.25, 0.3) is 11.6 Å². The normalized spacial score (nSPS) is 15.8. The van der Waals surface area contributed by atoms with E-state index in [2.05, 4.69) is 47.4 Å². The van der Waals surface area contributed by atoms with Crippen molar-refractivity contribution in [1.82, 2.24) is 35.2 Å². The van der Waals surface area contributed by atoms with Gasteiger partial charge in [-0.2, -0.15) is 10.1 Å². The quantitative estimate of drug-likeness (QED) is 0.615. The van der Waals surface area contributed by atoms with Crippen molar-refractivity contribution in [3.63, 3.8) is 0 Å². The van der Waals surface area contributed by atoms with E-state index in [4.69, 9.17) is 4.52 Å². The van der Waals surface area contributed by atoms with E-state index in [1.165, 1.54) is 30.5 Å². The summed E-state index contributed by atoms with van der Waals surface area (Å²) in [5, 5.41) is 15.7. The van der Waals surface area contributed by atoms with Gasteiger partial charge in [0.05, 0.1) is 5.69 Å². The molecule has 1 fully saturated rings. The minimum atomic E-state index is -0.132. The molecule has 10 nitrogen and oxygen atoms in total. The number of nitrogens with one attached hydrogen (secondary N) is 2. The van der Waals surface area contributed by atoms with Gasteiger partial charge in [-0.25, -0.2) is 9.97 Å². The van der Waals surface area contributed by atoms with Crippen LogP contribution in [0.1, 0.15) is 37.8 Å². The molecule has 0 bridgehead atoms. The number of anilines is 1. The number of amides is 1. The molecule has 0 radical (unpaired) electrons. The molecule has 0 unspecified atom stereocenters. The molecule has 1 saturated heterocycles. The molecule has 0 spiro atoms. The lowest BCUT2D eigenvalue weighted by molar-refractivity contribution is -0.116. The molecule has 148 valence electrons. The van der Waals surface area contributed by atoms with E-state index in [-0.39, 0.29) is 12.3 Å². The molecule has 1 amide bonds. The number of rotatable bonds is 7. The molecular weight excluding hydrogens is 380 g/mol. The molecule has 11 heteroatoms. The van der Waals surface area contributed by atoms with Gasteiger partial charge in [0.25, 0.3) is 0 Å². The zero-order valence-electron chi connectivity index (χ0n) is 15.6. The Balaban J connectivity index is 1.23. The highest BCUT2D eigenvalue weighted by molar-refractivity contribution is 7.13. The first-order valence-corrected chi connectivity index (χ1v) is 10.2. The third kappa shape index (κ3) is 4.78. The third-order valence-electron chi connectivity index (χ3n) is 4.72. The smallest absolute Gasteiger partial charge is 0.239 e. The van der Waals surface area contributed by atoms with E-state index in [0.717, 1.165) is 31.2 Å². The molecule has 2 N–H and O–H groups in total. The summed E-state index contributed by atoms with van der Waals surface area (Å²) in [6, 6.07) is 0. The lowest BCUT2D eigenvalue weighted by Gasteiger charge is -2.29. The van der Waals surface area contributed by atoms with Crippen molar-refractivity contribution < 1.29 is 9.32 Å². The summed E-state index contributed by atoms with van der Waals surface area (Å²) in [6.07, 6.45) is 4.42. The Hall–Kier alpha value is -2.66. The van der Waals surface area contributed by atoms with Crippen LogP contribution in [0.2, 0.25) is 0 Å². The minimum Gasteiger partial charge on any atom is -0.339 e. The Bertz CT molecular complexity index is 898. The maximum Gasteiger partial charge on any atom is 0.239 e. The average molecular weight is 402 g/mol. The number of likely N-dealkylation sites (tertiary alicyclic amines) is 1. The number of H-pyrrole nitrogens is 1. The first-order chi connectivity index (χ1) is 13.7. The summed E-state index contributed by atoms with van der Waals surface area (Å²) in [5.41, 5.74) is 1.00. The highest BCUT2D eigenvalue weighted by Gasteiger charge is 2.17. The van der Waals surface area contributed by atoms with Gasteiger partial charge in [-0.05, 0) is 31.8 Å². The Morgan fingerprint density at radius 3 is 3.04 bits per heavy atom. The molecule has 3 aromatic rings. The summed E-state index contributed by atoms with van der Waals surface area (Å²) in [5.74, 6) is 1.81. The Morgan fingerprint density at radius 1 is 1.39 bits per heavy atom. The molecule has 0 aromatic carbocycles. The van der Waals surface area contributed by atoms with Crippen molar-refractivity contribution >= 4 is 22.4 Å². The van der Waals surface area contributed by atoms with Gasteiger partial charge in [-0.1, -0.05) is 12.1 Å². The highest BCUT2D eigenvalue weighted by atomic mass is 32.1. The van der Waals surface area contributed by atoms with Crippen LogP contribution >= 0.6 is 11.3 Å². The number of carbonyl (C=O) groups is 1. The first kappa shape index (κ1) is 18.7. The van der Waals surface area contributed by atoms with Gasteiger partial charge in [0.2, 0.25) is 17.6 Å².